The highest BCUT2D eigenvalue weighted by Gasteiger charge is 2.37. The molecule has 1 aliphatic heterocycles. The molecule has 1 saturated carbocycles. The molecule has 7 heteroatoms. The fourth-order valence-electron chi connectivity index (χ4n) is 4.74. The van der Waals surface area contributed by atoms with Crippen molar-refractivity contribution in [1.82, 2.24) is 9.80 Å². The van der Waals surface area contributed by atoms with Crippen LogP contribution in [0.4, 0.5) is 5.69 Å². The standard InChI is InChI=1S/C24H27Cl2N3O2/c25-19-8-3-7-18(15-19)24(31)29-13-11-28(12-14-29)22(17-5-1-2-6-17)23(30)27-21-10-4-9-20(26)16-21/h3-4,7-10,15-17,22H,1-2,5-6,11-14H2,(H,27,30)/t22-/m1/s1. The third kappa shape index (κ3) is 5.40. The van der Waals surface area contributed by atoms with E-state index in [1.165, 1.54) is 12.8 Å². The fourth-order valence-corrected chi connectivity index (χ4v) is 5.12. The van der Waals surface area contributed by atoms with Crippen LogP contribution in [0.3, 0.4) is 0 Å². The van der Waals surface area contributed by atoms with Crippen LogP contribution in [-0.4, -0.2) is 53.8 Å². The monoisotopic (exact) mass is 459 g/mol. The summed E-state index contributed by atoms with van der Waals surface area (Å²) in [6.45, 7) is 2.55. The summed E-state index contributed by atoms with van der Waals surface area (Å²) in [7, 11) is 0. The van der Waals surface area contributed by atoms with Gasteiger partial charge in [0.1, 0.15) is 0 Å². The van der Waals surface area contributed by atoms with E-state index in [1.54, 1.807) is 36.4 Å². The molecule has 31 heavy (non-hydrogen) atoms. The number of nitrogens with one attached hydrogen (secondary N) is 1. The maximum atomic E-state index is 13.3. The molecule has 1 atom stereocenters. The first kappa shape index (κ1) is 22.1. The summed E-state index contributed by atoms with van der Waals surface area (Å²) in [5, 5.41) is 4.22. The number of nitrogens with zero attached hydrogens (tertiary/aromatic N) is 2. The molecular formula is C24H27Cl2N3O2. The SMILES string of the molecule is O=C(Nc1cccc(Cl)c1)[C@@H](C1CCCC1)N1CCN(C(=O)c2cccc(Cl)c2)CC1. The highest BCUT2D eigenvalue weighted by Crippen LogP contribution is 2.32. The third-order valence-corrected chi connectivity index (χ3v) is 6.74. The van der Waals surface area contributed by atoms with Crippen molar-refractivity contribution in [1.29, 1.82) is 0 Å². The molecule has 5 nitrogen and oxygen atoms in total. The Morgan fingerprint density at radius 3 is 2.19 bits per heavy atom. The number of carbonyl (C=O) groups is 2. The van der Waals surface area contributed by atoms with Gasteiger partial charge in [0.05, 0.1) is 6.04 Å². The number of halogens is 2. The molecule has 0 bridgehead atoms. The van der Waals surface area contributed by atoms with E-state index in [2.05, 4.69) is 10.2 Å². The Hall–Kier alpha value is -2.08. The molecule has 2 fully saturated rings. The number of benzene rings is 2. The summed E-state index contributed by atoms with van der Waals surface area (Å²) < 4.78 is 0. The Kier molecular flexibility index (Phi) is 7.16. The number of hydrogen-bond donors (Lipinski definition) is 1. The maximum Gasteiger partial charge on any atom is 0.253 e. The second kappa shape index (κ2) is 10.0. The lowest BCUT2D eigenvalue weighted by molar-refractivity contribution is -0.123. The van der Waals surface area contributed by atoms with E-state index in [0.717, 1.165) is 18.5 Å². The van der Waals surface area contributed by atoms with Crippen LogP contribution in [0, 0.1) is 5.92 Å². The van der Waals surface area contributed by atoms with E-state index >= 15 is 0 Å². The van der Waals surface area contributed by atoms with Gasteiger partial charge in [-0.25, -0.2) is 0 Å². The Balaban J connectivity index is 1.43. The van der Waals surface area contributed by atoms with Gasteiger partial charge in [0.15, 0.2) is 0 Å². The van der Waals surface area contributed by atoms with Crippen molar-refractivity contribution < 1.29 is 9.59 Å². The van der Waals surface area contributed by atoms with Crippen LogP contribution >= 0.6 is 23.2 Å². The summed E-state index contributed by atoms with van der Waals surface area (Å²) in [5.41, 5.74) is 1.32. The van der Waals surface area contributed by atoms with E-state index in [0.29, 0.717) is 47.7 Å². The molecule has 1 saturated heterocycles. The molecule has 1 N–H and O–H groups in total. The molecule has 2 aromatic rings. The average molecular weight is 460 g/mol. The van der Waals surface area contributed by atoms with E-state index in [-0.39, 0.29) is 17.9 Å². The maximum absolute atomic E-state index is 13.3. The van der Waals surface area contributed by atoms with Gasteiger partial charge in [-0.1, -0.05) is 48.2 Å². The Labute approximate surface area is 193 Å². The minimum Gasteiger partial charge on any atom is -0.336 e. The van der Waals surface area contributed by atoms with Crippen molar-refractivity contribution in [2.75, 3.05) is 31.5 Å². The lowest BCUT2D eigenvalue weighted by Gasteiger charge is -2.40. The summed E-state index contributed by atoms with van der Waals surface area (Å²) >= 11 is 12.1. The van der Waals surface area contributed by atoms with Gasteiger partial charge in [0.2, 0.25) is 5.91 Å². The van der Waals surface area contributed by atoms with Crippen LogP contribution in [0.25, 0.3) is 0 Å². The predicted octanol–water partition coefficient (Wildman–Crippen LogP) is 4.95. The average Bonchev–Trinajstić information content (AvgIpc) is 3.28. The highest BCUT2D eigenvalue weighted by molar-refractivity contribution is 6.31. The number of piperazine rings is 1. The van der Waals surface area contributed by atoms with Gasteiger partial charge in [-0.05, 0) is 55.2 Å². The largest absolute Gasteiger partial charge is 0.336 e. The minimum absolute atomic E-state index is 0.0112. The van der Waals surface area contributed by atoms with E-state index in [4.69, 9.17) is 23.2 Å². The summed E-state index contributed by atoms with van der Waals surface area (Å²) in [6.07, 6.45) is 4.46. The predicted molar refractivity (Wildman–Crippen MR) is 125 cm³/mol. The van der Waals surface area contributed by atoms with Gasteiger partial charge in [0.25, 0.3) is 5.91 Å². The fraction of sp³-hybridized carbons (Fsp3) is 0.417. The number of carbonyl (C=O) groups excluding carboxylic acids is 2. The smallest absolute Gasteiger partial charge is 0.253 e. The molecule has 1 aliphatic carbocycles. The van der Waals surface area contributed by atoms with Gasteiger partial charge in [-0.15, -0.1) is 0 Å². The first-order chi connectivity index (χ1) is 15.0. The topological polar surface area (TPSA) is 52.7 Å². The van der Waals surface area contributed by atoms with E-state index in [9.17, 15) is 9.59 Å². The van der Waals surface area contributed by atoms with Crippen molar-refractivity contribution in [3.05, 3.63) is 64.1 Å². The van der Waals surface area contributed by atoms with Crippen LogP contribution in [0.2, 0.25) is 10.0 Å². The molecular weight excluding hydrogens is 433 g/mol. The second-order valence-electron chi connectivity index (χ2n) is 8.33. The van der Waals surface area contributed by atoms with Crippen molar-refractivity contribution in [3.8, 4) is 0 Å². The van der Waals surface area contributed by atoms with Crippen molar-refractivity contribution in [3.63, 3.8) is 0 Å². The number of amides is 2. The van der Waals surface area contributed by atoms with Gasteiger partial charge >= 0.3 is 0 Å². The number of rotatable bonds is 5. The van der Waals surface area contributed by atoms with Crippen LogP contribution < -0.4 is 5.32 Å². The molecule has 4 rings (SSSR count). The Morgan fingerprint density at radius 2 is 1.55 bits per heavy atom. The van der Waals surface area contributed by atoms with E-state index in [1.807, 2.05) is 17.0 Å². The zero-order valence-electron chi connectivity index (χ0n) is 17.4. The van der Waals surface area contributed by atoms with Crippen LogP contribution in [0.1, 0.15) is 36.0 Å². The second-order valence-corrected chi connectivity index (χ2v) is 9.20. The van der Waals surface area contributed by atoms with Gasteiger partial charge in [-0.3, -0.25) is 14.5 Å². The highest BCUT2D eigenvalue weighted by atomic mass is 35.5. The first-order valence-corrected chi connectivity index (χ1v) is 11.6. The summed E-state index contributed by atoms with van der Waals surface area (Å²) in [6, 6.07) is 14.1. The van der Waals surface area contributed by atoms with Crippen molar-refractivity contribution in [2.24, 2.45) is 5.92 Å². The van der Waals surface area contributed by atoms with Gasteiger partial charge in [-0.2, -0.15) is 0 Å². The molecule has 164 valence electrons. The quantitative estimate of drug-likeness (QED) is 0.687. The lowest BCUT2D eigenvalue weighted by Crippen LogP contribution is -2.56. The van der Waals surface area contributed by atoms with Crippen LogP contribution in [0.15, 0.2) is 48.5 Å². The zero-order valence-corrected chi connectivity index (χ0v) is 18.9. The zero-order chi connectivity index (χ0) is 21.8. The Bertz CT molecular complexity index is 938. The minimum atomic E-state index is -0.190. The van der Waals surface area contributed by atoms with E-state index < -0.39 is 0 Å². The molecule has 2 aromatic carbocycles. The Morgan fingerprint density at radius 1 is 0.903 bits per heavy atom. The first-order valence-electron chi connectivity index (χ1n) is 10.9. The van der Waals surface area contributed by atoms with Gasteiger partial charge in [0, 0.05) is 47.5 Å². The number of anilines is 1. The normalized spacial score (nSPS) is 18.7. The third-order valence-electron chi connectivity index (χ3n) is 6.27. The molecule has 0 aromatic heterocycles. The summed E-state index contributed by atoms with van der Waals surface area (Å²) in [4.78, 5) is 30.2. The molecule has 2 amide bonds. The van der Waals surface area contributed by atoms with Gasteiger partial charge < -0.3 is 10.2 Å². The number of hydrogen-bond acceptors (Lipinski definition) is 3. The lowest BCUT2D eigenvalue weighted by atomic mass is 9.94. The molecule has 0 spiro atoms. The summed E-state index contributed by atoms with van der Waals surface area (Å²) in [5.74, 6) is 0.348. The van der Waals surface area contributed by atoms with Crippen LogP contribution in [0.5, 0.6) is 0 Å². The van der Waals surface area contributed by atoms with Crippen molar-refractivity contribution in [2.45, 2.75) is 31.7 Å². The van der Waals surface area contributed by atoms with Crippen LogP contribution in [-0.2, 0) is 4.79 Å². The molecule has 0 unspecified atom stereocenters. The molecule has 1 heterocycles. The molecule has 0 radical (unpaired) electrons. The van der Waals surface area contributed by atoms with Crippen molar-refractivity contribution >= 4 is 40.7 Å². The molecule has 2 aliphatic rings.